The van der Waals surface area contributed by atoms with E-state index >= 15 is 0 Å². The fourth-order valence-corrected chi connectivity index (χ4v) is 2.05. The van der Waals surface area contributed by atoms with Crippen LogP contribution in [0.1, 0.15) is 17.2 Å². The first kappa shape index (κ1) is 15.3. The average Bonchev–Trinajstić information content (AvgIpc) is 2.39. The van der Waals surface area contributed by atoms with Crippen molar-refractivity contribution in [1.29, 1.82) is 0 Å². The molecule has 0 bridgehead atoms. The molecule has 0 fully saturated rings. The van der Waals surface area contributed by atoms with Crippen LogP contribution >= 0.6 is 0 Å². The van der Waals surface area contributed by atoms with Crippen LogP contribution in [0.3, 0.4) is 0 Å². The SMILES string of the molecule is Cc1cc(F)cc(NC(CO)c2cc(F)c(F)cc2F)c1. The molecular formula is C15H13F4NO. The summed E-state index contributed by atoms with van der Waals surface area (Å²) in [6, 6.07) is 4.10. The minimum atomic E-state index is -1.31. The Bertz CT molecular complexity index is 640. The number of rotatable bonds is 4. The standard InChI is InChI=1S/C15H13F4NO/c1-8-2-9(16)4-10(3-8)20-15(7-21)11-5-13(18)14(19)6-12(11)17/h2-6,15,20-21H,7H2,1H3. The first-order chi connectivity index (χ1) is 9.90. The van der Waals surface area contributed by atoms with Gasteiger partial charge >= 0.3 is 0 Å². The Morgan fingerprint density at radius 1 is 0.952 bits per heavy atom. The number of aliphatic hydroxyl groups is 1. The summed E-state index contributed by atoms with van der Waals surface area (Å²) >= 11 is 0. The van der Waals surface area contributed by atoms with Crippen molar-refractivity contribution >= 4 is 5.69 Å². The molecule has 1 unspecified atom stereocenters. The molecule has 0 aliphatic carbocycles. The Balaban J connectivity index is 2.34. The summed E-state index contributed by atoms with van der Waals surface area (Å²) in [4.78, 5) is 0. The Labute approximate surface area is 119 Å². The molecule has 0 saturated carbocycles. The topological polar surface area (TPSA) is 32.3 Å². The lowest BCUT2D eigenvalue weighted by Gasteiger charge is -2.19. The van der Waals surface area contributed by atoms with E-state index in [1.54, 1.807) is 13.0 Å². The van der Waals surface area contributed by atoms with Crippen molar-refractivity contribution in [2.45, 2.75) is 13.0 Å². The number of nitrogens with one attached hydrogen (secondary N) is 1. The van der Waals surface area contributed by atoms with Crippen molar-refractivity contribution in [1.82, 2.24) is 0 Å². The van der Waals surface area contributed by atoms with Gasteiger partial charge in [-0.25, -0.2) is 17.6 Å². The molecule has 2 N–H and O–H groups in total. The van der Waals surface area contributed by atoms with Crippen molar-refractivity contribution in [3.05, 3.63) is 64.7 Å². The molecule has 2 nitrogen and oxygen atoms in total. The third-order valence-corrected chi connectivity index (χ3v) is 2.98. The highest BCUT2D eigenvalue weighted by molar-refractivity contribution is 5.48. The Kier molecular flexibility index (Phi) is 4.47. The maximum atomic E-state index is 13.7. The van der Waals surface area contributed by atoms with Gasteiger partial charge in [0.1, 0.15) is 11.6 Å². The molecule has 6 heteroatoms. The van der Waals surface area contributed by atoms with Crippen molar-refractivity contribution in [3.8, 4) is 0 Å². The molecule has 1 atom stereocenters. The van der Waals surface area contributed by atoms with E-state index in [9.17, 15) is 22.7 Å². The van der Waals surface area contributed by atoms with Gasteiger partial charge < -0.3 is 10.4 Å². The Morgan fingerprint density at radius 2 is 1.62 bits per heavy atom. The number of hydrogen-bond acceptors (Lipinski definition) is 2. The molecule has 2 rings (SSSR count). The number of hydrogen-bond donors (Lipinski definition) is 2. The van der Waals surface area contributed by atoms with Crippen LogP contribution in [0.4, 0.5) is 23.2 Å². The second-order valence-corrected chi connectivity index (χ2v) is 4.68. The third-order valence-electron chi connectivity index (χ3n) is 2.98. The van der Waals surface area contributed by atoms with E-state index in [0.29, 0.717) is 23.4 Å². The van der Waals surface area contributed by atoms with Crippen LogP contribution in [-0.4, -0.2) is 11.7 Å². The molecule has 0 radical (unpaired) electrons. The van der Waals surface area contributed by atoms with Crippen LogP contribution < -0.4 is 5.32 Å². The van der Waals surface area contributed by atoms with Crippen LogP contribution in [0.15, 0.2) is 30.3 Å². The smallest absolute Gasteiger partial charge is 0.161 e. The predicted molar refractivity (Wildman–Crippen MR) is 70.9 cm³/mol. The van der Waals surface area contributed by atoms with Crippen molar-refractivity contribution < 1.29 is 22.7 Å². The summed E-state index contributed by atoms with van der Waals surface area (Å²) in [5, 5.41) is 12.0. The van der Waals surface area contributed by atoms with E-state index in [1.807, 2.05) is 0 Å². The normalized spacial score (nSPS) is 12.3. The number of anilines is 1. The van der Waals surface area contributed by atoms with Gasteiger partial charge in [0.2, 0.25) is 0 Å². The van der Waals surface area contributed by atoms with Gasteiger partial charge in [0.15, 0.2) is 11.6 Å². The van der Waals surface area contributed by atoms with Crippen LogP contribution in [0.2, 0.25) is 0 Å². The van der Waals surface area contributed by atoms with Gasteiger partial charge in [-0.3, -0.25) is 0 Å². The van der Waals surface area contributed by atoms with Crippen molar-refractivity contribution in [3.63, 3.8) is 0 Å². The summed E-state index contributed by atoms with van der Waals surface area (Å²) in [5.41, 5.74) is 0.689. The molecule has 0 aliphatic rings. The number of aliphatic hydroxyl groups excluding tert-OH is 1. The quantitative estimate of drug-likeness (QED) is 0.666. The van der Waals surface area contributed by atoms with Gasteiger partial charge in [-0.2, -0.15) is 0 Å². The first-order valence-electron chi connectivity index (χ1n) is 6.19. The van der Waals surface area contributed by atoms with E-state index in [0.717, 1.165) is 6.07 Å². The molecule has 0 amide bonds. The van der Waals surface area contributed by atoms with E-state index < -0.39 is 35.9 Å². The minimum absolute atomic E-state index is 0.238. The Hall–Kier alpha value is -2.08. The summed E-state index contributed by atoms with van der Waals surface area (Å²) in [6.45, 7) is 1.10. The van der Waals surface area contributed by atoms with Gasteiger partial charge in [-0.1, -0.05) is 0 Å². The molecule has 21 heavy (non-hydrogen) atoms. The molecule has 112 valence electrons. The second kappa shape index (κ2) is 6.13. The molecule has 0 aliphatic heterocycles. The van der Waals surface area contributed by atoms with Crippen LogP contribution in [0.25, 0.3) is 0 Å². The molecule has 2 aromatic rings. The molecule has 0 heterocycles. The highest BCUT2D eigenvalue weighted by atomic mass is 19.2. The van der Waals surface area contributed by atoms with E-state index in [-0.39, 0.29) is 5.56 Å². The first-order valence-corrected chi connectivity index (χ1v) is 6.19. The number of aryl methyl sites for hydroxylation is 1. The highest BCUT2D eigenvalue weighted by Gasteiger charge is 2.18. The van der Waals surface area contributed by atoms with Crippen LogP contribution in [-0.2, 0) is 0 Å². The monoisotopic (exact) mass is 299 g/mol. The van der Waals surface area contributed by atoms with Gasteiger partial charge in [-0.05, 0) is 36.8 Å². The van der Waals surface area contributed by atoms with Crippen molar-refractivity contribution in [2.75, 3.05) is 11.9 Å². The lowest BCUT2D eigenvalue weighted by atomic mass is 10.1. The largest absolute Gasteiger partial charge is 0.394 e. The van der Waals surface area contributed by atoms with Gasteiger partial charge in [0, 0.05) is 17.3 Å². The molecular weight excluding hydrogens is 286 g/mol. The molecule has 0 saturated heterocycles. The van der Waals surface area contributed by atoms with Crippen LogP contribution in [0, 0.1) is 30.2 Å². The minimum Gasteiger partial charge on any atom is -0.394 e. The number of benzene rings is 2. The fraction of sp³-hybridized carbons (Fsp3) is 0.200. The lowest BCUT2D eigenvalue weighted by molar-refractivity contribution is 0.273. The predicted octanol–water partition coefficient (Wildman–Crippen LogP) is 3.70. The van der Waals surface area contributed by atoms with E-state index in [1.165, 1.54) is 6.07 Å². The zero-order valence-corrected chi connectivity index (χ0v) is 11.1. The maximum absolute atomic E-state index is 13.7. The number of halogens is 4. The maximum Gasteiger partial charge on any atom is 0.161 e. The highest BCUT2D eigenvalue weighted by Crippen LogP contribution is 2.25. The van der Waals surface area contributed by atoms with E-state index in [2.05, 4.69) is 5.32 Å². The summed E-state index contributed by atoms with van der Waals surface area (Å²) < 4.78 is 53.1. The van der Waals surface area contributed by atoms with Crippen molar-refractivity contribution in [2.24, 2.45) is 0 Å². The molecule has 0 spiro atoms. The third kappa shape index (κ3) is 3.52. The molecule has 0 aromatic heterocycles. The van der Waals surface area contributed by atoms with Gasteiger partial charge in [0.25, 0.3) is 0 Å². The van der Waals surface area contributed by atoms with Crippen LogP contribution in [0.5, 0.6) is 0 Å². The fourth-order valence-electron chi connectivity index (χ4n) is 2.05. The van der Waals surface area contributed by atoms with E-state index in [4.69, 9.17) is 0 Å². The molecule has 2 aromatic carbocycles. The van der Waals surface area contributed by atoms with Gasteiger partial charge in [0.05, 0.1) is 12.6 Å². The summed E-state index contributed by atoms with van der Waals surface area (Å²) in [7, 11) is 0. The van der Waals surface area contributed by atoms with Gasteiger partial charge in [-0.15, -0.1) is 0 Å². The Morgan fingerprint density at radius 3 is 2.24 bits per heavy atom. The average molecular weight is 299 g/mol. The zero-order chi connectivity index (χ0) is 15.6. The lowest BCUT2D eigenvalue weighted by Crippen LogP contribution is -2.17. The summed E-state index contributed by atoms with van der Waals surface area (Å²) in [5.74, 6) is -4.02. The summed E-state index contributed by atoms with van der Waals surface area (Å²) in [6.07, 6.45) is 0. The zero-order valence-electron chi connectivity index (χ0n) is 11.1. The second-order valence-electron chi connectivity index (χ2n) is 4.68.